The van der Waals surface area contributed by atoms with E-state index in [1.54, 1.807) is 0 Å². The minimum atomic E-state index is 0.630. The second kappa shape index (κ2) is 11.9. The zero-order chi connectivity index (χ0) is 33.7. The highest BCUT2D eigenvalue weighted by atomic mass is 16.3. The van der Waals surface area contributed by atoms with Crippen LogP contribution in [0.4, 0.5) is 17.1 Å². The summed E-state index contributed by atoms with van der Waals surface area (Å²) < 4.78 is 8.74. The number of nitrogens with zero attached hydrogens (tertiary/aromatic N) is 3. The zero-order valence-corrected chi connectivity index (χ0v) is 27.6. The molecule has 0 amide bonds. The second-order valence-corrected chi connectivity index (χ2v) is 12.8. The molecule has 0 bridgehead atoms. The van der Waals surface area contributed by atoms with E-state index in [1.165, 1.54) is 21.8 Å². The number of oxazole rings is 1. The van der Waals surface area contributed by atoms with Gasteiger partial charge in [0.1, 0.15) is 5.52 Å². The van der Waals surface area contributed by atoms with Crippen LogP contribution in [0.25, 0.3) is 71.9 Å². The minimum Gasteiger partial charge on any atom is -0.435 e. The lowest BCUT2D eigenvalue weighted by Gasteiger charge is -2.26. The first kappa shape index (κ1) is 29.0. The summed E-state index contributed by atoms with van der Waals surface area (Å²) in [5.74, 6) is 0.630. The Morgan fingerprint density at radius 2 is 1.02 bits per heavy atom. The SMILES string of the molecule is c1ccc(-c2nc3cc(-c4ccc(N(c5ccccc5)c5ccc6c7ccccc7n(-c7ccccc7)c6c5)cc4)c4ccccc4c3o2)cc1. The third-order valence-corrected chi connectivity index (χ3v) is 9.80. The maximum absolute atomic E-state index is 6.37. The predicted octanol–water partition coefficient (Wildman–Crippen LogP) is 12.9. The summed E-state index contributed by atoms with van der Waals surface area (Å²) in [6.07, 6.45) is 0. The van der Waals surface area contributed by atoms with Gasteiger partial charge in [-0.25, -0.2) is 4.98 Å². The number of rotatable bonds is 6. The van der Waals surface area contributed by atoms with Crippen molar-refractivity contribution in [3.8, 4) is 28.3 Å². The van der Waals surface area contributed by atoms with Crippen LogP contribution in [0, 0.1) is 0 Å². The first-order chi connectivity index (χ1) is 25.3. The molecule has 240 valence electrons. The monoisotopic (exact) mass is 653 g/mol. The van der Waals surface area contributed by atoms with Crippen molar-refractivity contribution in [1.29, 1.82) is 0 Å². The Morgan fingerprint density at radius 1 is 0.431 bits per heavy atom. The molecule has 0 radical (unpaired) electrons. The summed E-state index contributed by atoms with van der Waals surface area (Å²) in [4.78, 5) is 7.27. The number of hydrogen-bond acceptors (Lipinski definition) is 3. The highest BCUT2D eigenvalue weighted by Gasteiger charge is 2.19. The van der Waals surface area contributed by atoms with Gasteiger partial charge in [-0.2, -0.15) is 0 Å². The van der Waals surface area contributed by atoms with Crippen LogP contribution in [-0.4, -0.2) is 9.55 Å². The number of benzene rings is 8. The molecule has 4 nitrogen and oxygen atoms in total. The third kappa shape index (κ3) is 4.88. The molecule has 0 spiro atoms. The highest BCUT2D eigenvalue weighted by Crippen LogP contribution is 2.41. The molecule has 0 aliphatic rings. The van der Waals surface area contributed by atoms with E-state index in [0.717, 1.165) is 61.3 Å². The lowest BCUT2D eigenvalue weighted by atomic mass is 9.97. The number of aromatic nitrogens is 2. The van der Waals surface area contributed by atoms with Gasteiger partial charge in [-0.3, -0.25) is 0 Å². The third-order valence-electron chi connectivity index (χ3n) is 9.80. The molecule has 51 heavy (non-hydrogen) atoms. The van der Waals surface area contributed by atoms with Gasteiger partial charge in [0, 0.05) is 44.5 Å². The van der Waals surface area contributed by atoms with Crippen LogP contribution < -0.4 is 4.90 Å². The van der Waals surface area contributed by atoms with E-state index in [2.05, 4.69) is 167 Å². The molecule has 8 aromatic carbocycles. The summed E-state index contributed by atoms with van der Waals surface area (Å²) in [6.45, 7) is 0. The molecular weight excluding hydrogens is 623 g/mol. The smallest absolute Gasteiger partial charge is 0.227 e. The molecule has 2 aromatic heterocycles. The Kier molecular flexibility index (Phi) is 6.78. The fraction of sp³-hybridized carbons (Fsp3) is 0. The van der Waals surface area contributed by atoms with Gasteiger partial charge in [-0.15, -0.1) is 0 Å². The molecular formula is C47H31N3O. The van der Waals surface area contributed by atoms with E-state index in [9.17, 15) is 0 Å². The number of anilines is 3. The molecule has 10 aromatic rings. The lowest BCUT2D eigenvalue weighted by Crippen LogP contribution is -2.10. The number of para-hydroxylation sites is 3. The van der Waals surface area contributed by atoms with E-state index in [4.69, 9.17) is 9.40 Å². The molecule has 0 aliphatic carbocycles. The van der Waals surface area contributed by atoms with Crippen LogP contribution in [0.5, 0.6) is 0 Å². The lowest BCUT2D eigenvalue weighted by molar-refractivity contribution is 0.623. The molecule has 0 unspecified atom stereocenters. The summed E-state index contributed by atoms with van der Waals surface area (Å²) in [5.41, 5.74) is 11.6. The van der Waals surface area contributed by atoms with E-state index < -0.39 is 0 Å². The van der Waals surface area contributed by atoms with Crippen LogP contribution in [0.2, 0.25) is 0 Å². The van der Waals surface area contributed by atoms with Gasteiger partial charge in [-0.1, -0.05) is 115 Å². The number of fused-ring (bicyclic) bond motifs is 6. The molecule has 4 heteroatoms. The van der Waals surface area contributed by atoms with Gasteiger partial charge < -0.3 is 13.9 Å². The van der Waals surface area contributed by atoms with Crippen molar-refractivity contribution in [1.82, 2.24) is 9.55 Å². The van der Waals surface area contributed by atoms with Gasteiger partial charge in [0.05, 0.1) is 11.0 Å². The average molecular weight is 654 g/mol. The fourth-order valence-electron chi connectivity index (χ4n) is 7.46. The van der Waals surface area contributed by atoms with Gasteiger partial charge in [0.15, 0.2) is 5.58 Å². The normalized spacial score (nSPS) is 11.5. The summed E-state index contributed by atoms with van der Waals surface area (Å²) in [6, 6.07) is 66.2. The highest BCUT2D eigenvalue weighted by molar-refractivity contribution is 6.12. The van der Waals surface area contributed by atoms with Crippen LogP contribution in [0.1, 0.15) is 0 Å². The van der Waals surface area contributed by atoms with E-state index >= 15 is 0 Å². The largest absolute Gasteiger partial charge is 0.435 e. The van der Waals surface area contributed by atoms with Crippen LogP contribution in [0.15, 0.2) is 192 Å². The Hall–Kier alpha value is -6.91. The van der Waals surface area contributed by atoms with E-state index in [1.807, 2.05) is 30.3 Å². The van der Waals surface area contributed by atoms with Gasteiger partial charge in [-0.05, 0) is 89.3 Å². The quantitative estimate of drug-likeness (QED) is 0.179. The molecule has 0 saturated heterocycles. The number of hydrogen-bond donors (Lipinski definition) is 0. The predicted molar refractivity (Wildman–Crippen MR) is 211 cm³/mol. The average Bonchev–Trinajstić information content (AvgIpc) is 3.79. The maximum Gasteiger partial charge on any atom is 0.227 e. The fourth-order valence-corrected chi connectivity index (χ4v) is 7.46. The summed E-state index contributed by atoms with van der Waals surface area (Å²) in [7, 11) is 0. The Labute approximate surface area is 295 Å². The van der Waals surface area contributed by atoms with Gasteiger partial charge >= 0.3 is 0 Å². The van der Waals surface area contributed by atoms with Crippen molar-refractivity contribution in [3.63, 3.8) is 0 Å². The summed E-state index contributed by atoms with van der Waals surface area (Å²) in [5, 5.41) is 4.65. The standard InChI is InChI=1S/C47H31N3O/c1-4-14-33(15-5-1)47-48-43-31-42(38-20-10-11-22-41(38)46(43)51-47)32-24-26-36(27-25-32)49(34-16-6-2-7-17-34)37-28-29-40-39-21-12-13-23-44(39)50(45(40)30-37)35-18-8-3-9-19-35/h1-31H. The van der Waals surface area contributed by atoms with Crippen molar-refractivity contribution in [2.24, 2.45) is 0 Å². The molecule has 0 saturated carbocycles. The molecule has 2 heterocycles. The van der Waals surface area contributed by atoms with E-state index in [0.29, 0.717) is 5.89 Å². The summed E-state index contributed by atoms with van der Waals surface area (Å²) >= 11 is 0. The van der Waals surface area contributed by atoms with Crippen molar-refractivity contribution < 1.29 is 4.42 Å². The molecule has 0 fully saturated rings. The van der Waals surface area contributed by atoms with Gasteiger partial charge in [0.2, 0.25) is 5.89 Å². The molecule has 10 rings (SSSR count). The van der Waals surface area contributed by atoms with Crippen LogP contribution in [0.3, 0.4) is 0 Å². The van der Waals surface area contributed by atoms with Crippen LogP contribution >= 0.6 is 0 Å². The molecule has 0 N–H and O–H groups in total. The van der Waals surface area contributed by atoms with Crippen LogP contribution in [-0.2, 0) is 0 Å². The zero-order valence-electron chi connectivity index (χ0n) is 27.6. The first-order valence-electron chi connectivity index (χ1n) is 17.2. The minimum absolute atomic E-state index is 0.630. The Balaban J connectivity index is 1.11. The topological polar surface area (TPSA) is 34.2 Å². The van der Waals surface area contributed by atoms with E-state index in [-0.39, 0.29) is 0 Å². The van der Waals surface area contributed by atoms with Crippen molar-refractivity contribution in [2.75, 3.05) is 4.90 Å². The molecule has 0 aliphatic heterocycles. The second-order valence-electron chi connectivity index (χ2n) is 12.8. The Morgan fingerprint density at radius 3 is 1.78 bits per heavy atom. The van der Waals surface area contributed by atoms with Crippen molar-refractivity contribution in [3.05, 3.63) is 188 Å². The van der Waals surface area contributed by atoms with Crippen molar-refractivity contribution >= 4 is 60.7 Å². The first-order valence-corrected chi connectivity index (χ1v) is 17.2. The Bertz CT molecular complexity index is 2840. The van der Waals surface area contributed by atoms with Crippen molar-refractivity contribution in [2.45, 2.75) is 0 Å². The molecule has 0 atom stereocenters. The van der Waals surface area contributed by atoms with Gasteiger partial charge in [0.25, 0.3) is 0 Å². The maximum atomic E-state index is 6.37.